The zero-order valence-electron chi connectivity index (χ0n) is 11.9. The molecule has 1 unspecified atom stereocenters. The van der Waals surface area contributed by atoms with Gasteiger partial charge in [-0.15, -0.1) is 11.3 Å². The van der Waals surface area contributed by atoms with E-state index < -0.39 is 0 Å². The van der Waals surface area contributed by atoms with Gasteiger partial charge in [-0.3, -0.25) is 0 Å². The van der Waals surface area contributed by atoms with E-state index in [4.69, 9.17) is 9.47 Å². The number of halogens is 2. The summed E-state index contributed by atoms with van der Waals surface area (Å²) in [7, 11) is 3.63. The maximum atomic E-state index is 5.84. The Labute approximate surface area is 145 Å². The Kier molecular flexibility index (Phi) is 6.70. The van der Waals surface area contributed by atoms with Crippen molar-refractivity contribution in [3.8, 4) is 5.75 Å². The standard InChI is InChI=1S/C15H17Br2NO2S/c1-18-14(11-9-13(16)21-15(11)17)10-5-3-4-6-12(10)20-8-7-19-2/h3-6,9,14,18H,7-8H2,1-2H3. The number of hydrogen-bond donors (Lipinski definition) is 1. The third-order valence-electron chi connectivity index (χ3n) is 3.06. The predicted molar refractivity (Wildman–Crippen MR) is 94.4 cm³/mol. The molecule has 0 fully saturated rings. The molecule has 0 aliphatic rings. The molecule has 0 saturated heterocycles. The van der Waals surface area contributed by atoms with Crippen molar-refractivity contribution < 1.29 is 9.47 Å². The molecule has 2 rings (SSSR count). The number of methoxy groups -OCH3 is 1. The number of para-hydroxylation sites is 1. The first kappa shape index (κ1) is 17.0. The Morgan fingerprint density at radius 1 is 1.19 bits per heavy atom. The molecule has 21 heavy (non-hydrogen) atoms. The second kappa shape index (κ2) is 8.29. The third-order valence-corrected chi connectivity index (χ3v) is 5.44. The summed E-state index contributed by atoms with van der Waals surface area (Å²) in [6, 6.07) is 10.3. The fourth-order valence-electron chi connectivity index (χ4n) is 2.11. The van der Waals surface area contributed by atoms with Crippen LogP contribution in [0.1, 0.15) is 17.2 Å². The third kappa shape index (κ3) is 4.29. The number of nitrogens with one attached hydrogen (secondary N) is 1. The smallest absolute Gasteiger partial charge is 0.124 e. The molecule has 6 heteroatoms. The molecule has 0 spiro atoms. The van der Waals surface area contributed by atoms with Crippen molar-refractivity contribution in [2.45, 2.75) is 6.04 Å². The first-order chi connectivity index (χ1) is 10.2. The van der Waals surface area contributed by atoms with Crippen LogP contribution in [0, 0.1) is 0 Å². The summed E-state index contributed by atoms with van der Waals surface area (Å²) in [6.45, 7) is 1.12. The van der Waals surface area contributed by atoms with E-state index >= 15 is 0 Å². The normalized spacial score (nSPS) is 12.4. The summed E-state index contributed by atoms with van der Waals surface area (Å²) < 4.78 is 13.1. The van der Waals surface area contributed by atoms with Gasteiger partial charge in [0, 0.05) is 12.7 Å². The Morgan fingerprint density at radius 3 is 2.57 bits per heavy atom. The van der Waals surface area contributed by atoms with E-state index in [9.17, 15) is 0 Å². The minimum atomic E-state index is 0.0701. The lowest BCUT2D eigenvalue weighted by atomic mass is 10.0. The second-order valence-electron chi connectivity index (χ2n) is 4.38. The van der Waals surface area contributed by atoms with E-state index in [1.807, 2.05) is 25.2 Å². The number of rotatable bonds is 7. The van der Waals surface area contributed by atoms with Crippen LogP contribution in [0.4, 0.5) is 0 Å². The minimum absolute atomic E-state index is 0.0701. The zero-order chi connectivity index (χ0) is 15.2. The van der Waals surface area contributed by atoms with Crippen molar-refractivity contribution in [3.63, 3.8) is 0 Å². The quantitative estimate of drug-likeness (QED) is 0.645. The van der Waals surface area contributed by atoms with Crippen LogP contribution in [0.2, 0.25) is 0 Å². The van der Waals surface area contributed by atoms with Crippen LogP contribution in [-0.2, 0) is 4.74 Å². The Balaban J connectivity index is 2.31. The lowest BCUT2D eigenvalue weighted by Gasteiger charge is -2.20. The summed E-state index contributed by atoms with van der Waals surface area (Å²) in [5.74, 6) is 0.878. The maximum absolute atomic E-state index is 5.84. The van der Waals surface area contributed by atoms with Gasteiger partial charge >= 0.3 is 0 Å². The molecule has 1 N–H and O–H groups in total. The molecule has 2 aromatic rings. The highest BCUT2D eigenvalue weighted by molar-refractivity contribution is 9.12. The largest absolute Gasteiger partial charge is 0.491 e. The summed E-state index contributed by atoms with van der Waals surface area (Å²) >= 11 is 8.84. The monoisotopic (exact) mass is 433 g/mol. The maximum Gasteiger partial charge on any atom is 0.124 e. The Bertz CT molecular complexity index is 589. The van der Waals surface area contributed by atoms with Crippen molar-refractivity contribution in [3.05, 3.63) is 49.0 Å². The fraction of sp³-hybridized carbons (Fsp3) is 0.333. The van der Waals surface area contributed by atoms with Gasteiger partial charge in [0.25, 0.3) is 0 Å². The lowest BCUT2D eigenvalue weighted by Crippen LogP contribution is -2.19. The van der Waals surface area contributed by atoms with Gasteiger partial charge in [0.1, 0.15) is 12.4 Å². The summed E-state index contributed by atoms with van der Waals surface area (Å²) in [5, 5.41) is 3.36. The van der Waals surface area contributed by atoms with Gasteiger partial charge in [0.05, 0.1) is 20.2 Å². The molecule has 1 atom stereocenters. The second-order valence-corrected chi connectivity index (χ2v) is 8.13. The van der Waals surface area contributed by atoms with E-state index in [-0.39, 0.29) is 6.04 Å². The van der Waals surface area contributed by atoms with Gasteiger partial charge in [-0.2, -0.15) is 0 Å². The van der Waals surface area contributed by atoms with Gasteiger partial charge in [0.15, 0.2) is 0 Å². The molecule has 3 nitrogen and oxygen atoms in total. The van der Waals surface area contributed by atoms with Crippen LogP contribution in [-0.4, -0.2) is 27.4 Å². The predicted octanol–water partition coefficient (Wildman–Crippen LogP) is 4.61. The highest BCUT2D eigenvalue weighted by Crippen LogP contribution is 2.39. The van der Waals surface area contributed by atoms with Gasteiger partial charge in [0.2, 0.25) is 0 Å². The lowest BCUT2D eigenvalue weighted by molar-refractivity contribution is 0.145. The molecule has 0 aliphatic carbocycles. The number of thiophene rings is 1. The molecule has 1 aromatic carbocycles. The van der Waals surface area contributed by atoms with Crippen LogP contribution in [0.5, 0.6) is 5.75 Å². The number of ether oxygens (including phenoxy) is 2. The summed E-state index contributed by atoms with van der Waals surface area (Å²) in [5.41, 5.74) is 2.30. The molecule has 0 saturated carbocycles. The molecule has 0 radical (unpaired) electrons. The van der Waals surface area contributed by atoms with Crippen LogP contribution in [0.25, 0.3) is 0 Å². The SMILES string of the molecule is CNC(c1ccccc1OCCOC)c1cc(Br)sc1Br. The minimum Gasteiger partial charge on any atom is -0.491 e. The number of benzene rings is 1. The molecule has 1 aromatic heterocycles. The highest BCUT2D eigenvalue weighted by atomic mass is 79.9. The van der Waals surface area contributed by atoms with Crippen LogP contribution in [0.3, 0.4) is 0 Å². The molecule has 114 valence electrons. The van der Waals surface area contributed by atoms with Gasteiger partial charge in [-0.25, -0.2) is 0 Å². The molecule has 0 bridgehead atoms. The first-order valence-electron chi connectivity index (χ1n) is 6.50. The van der Waals surface area contributed by atoms with Crippen LogP contribution < -0.4 is 10.1 Å². The fourth-order valence-corrected chi connectivity index (χ4v) is 5.02. The van der Waals surface area contributed by atoms with Crippen LogP contribution in [0.15, 0.2) is 37.9 Å². The topological polar surface area (TPSA) is 30.5 Å². The van der Waals surface area contributed by atoms with E-state index in [0.29, 0.717) is 13.2 Å². The Hall–Kier alpha value is -0.400. The average molecular weight is 435 g/mol. The van der Waals surface area contributed by atoms with E-state index in [1.54, 1.807) is 18.4 Å². The molecule has 0 aliphatic heterocycles. The Morgan fingerprint density at radius 2 is 1.95 bits per heavy atom. The molecular weight excluding hydrogens is 418 g/mol. The van der Waals surface area contributed by atoms with Gasteiger partial charge in [-0.1, -0.05) is 18.2 Å². The van der Waals surface area contributed by atoms with Crippen molar-refractivity contribution in [1.29, 1.82) is 0 Å². The van der Waals surface area contributed by atoms with Crippen molar-refractivity contribution in [2.75, 3.05) is 27.4 Å². The van der Waals surface area contributed by atoms with Crippen molar-refractivity contribution in [1.82, 2.24) is 5.32 Å². The van der Waals surface area contributed by atoms with Gasteiger partial charge in [-0.05, 0) is 56.6 Å². The molecule has 1 heterocycles. The number of hydrogen-bond acceptors (Lipinski definition) is 4. The van der Waals surface area contributed by atoms with E-state index in [1.165, 1.54) is 5.56 Å². The van der Waals surface area contributed by atoms with Crippen molar-refractivity contribution in [2.24, 2.45) is 0 Å². The molecular formula is C15H17Br2NO2S. The average Bonchev–Trinajstić information content (AvgIpc) is 2.80. The first-order valence-corrected chi connectivity index (χ1v) is 8.90. The van der Waals surface area contributed by atoms with E-state index in [0.717, 1.165) is 18.9 Å². The zero-order valence-corrected chi connectivity index (χ0v) is 15.8. The summed E-state index contributed by atoms with van der Waals surface area (Å²) in [6.07, 6.45) is 0. The van der Waals surface area contributed by atoms with Gasteiger partial charge < -0.3 is 14.8 Å². The van der Waals surface area contributed by atoms with Crippen LogP contribution >= 0.6 is 43.2 Å². The molecule has 0 amide bonds. The van der Waals surface area contributed by atoms with E-state index in [2.05, 4.69) is 49.3 Å². The highest BCUT2D eigenvalue weighted by Gasteiger charge is 2.20. The summed E-state index contributed by atoms with van der Waals surface area (Å²) in [4.78, 5) is 0. The van der Waals surface area contributed by atoms with Crippen molar-refractivity contribution >= 4 is 43.2 Å².